The van der Waals surface area contributed by atoms with E-state index < -0.39 is 47.9 Å². The van der Waals surface area contributed by atoms with Gasteiger partial charge in [0.1, 0.15) is 18.1 Å². The first-order valence-corrected chi connectivity index (χ1v) is 12.8. The van der Waals surface area contributed by atoms with Crippen LogP contribution in [-0.4, -0.2) is 58.7 Å². The number of carboxylic acids is 1. The van der Waals surface area contributed by atoms with Crippen molar-refractivity contribution in [3.63, 3.8) is 0 Å². The molecule has 0 saturated carbocycles. The molecular formula is C27H36N4O5S. The Balaban J connectivity index is 2.20. The first kappa shape index (κ1) is 29.9. The molecule has 4 atom stereocenters. The molecule has 2 aromatic rings. The van der Waals surface area contributed by atoms with Gasteiger partial charge in [-0.1, -0.05) is 74.5 Å². The highest BCUT2D eigenvalue weighted by molar-refractivity contribution is 7.80. The maximum absolute atomic E-state index is 13.3. The van der Waals surface area contributed by atoms with Crippen LogP contribution in [-0.2, 0) is 32.0 Å². The predicted octanol–water partition coefficient (Wildman–Crippen LogP) is 1.31. The number of amides is 3. The van der Waals surface area contributed by atoms with E-state index in [-0.39, 0.29) is 30.9 Å². The summed E-state index contributed by atoms with van der Waals surface area (Å²) in [4.78, 5) is 50.8. The Morgan fingerprint density at radius 2 is 1.19 bits per heavy atom. The van der Waals surface area contributed by atoms with Crippen molar-refractivity contribution in [3.05, 3.63) is 71.8 Å². The molecule has 0 radical (unpaired) electrons. The Kier molecular flexibility index (Phi) is 12.1. The number of aliphatic carboxylic acids is 1. The molecule has 0 saturated heterocycles. The van der Waals surface area contributed by atoms with Crippen LogP contribution >= 0.6 is 12.6 Å². The van der Waals surface area contributed by atoms with E-state index in [1.807, 2.05) is 50.2 Å². The standard InChI is InChI=1S/C27H36N4O5S/c1-17(2)13-21(25(33)31-23(27(35)36)15-19-11-7-4-8-12-19)30-26(34)22(29-24(32)20(28)16-37)14-18-9-5-3-6-10-18/h3-12,17,20-23,37H,13-16,28H2,1-2H3,(H,29,32)(H,30,34)(H,31,33)(H,35,36). The normalized spacial score (nSPS) is 14.2. The van der Waals surface area contributed by atoms with Crippen LogP contribution in [0, 0.1) is 5.92 Å². The molecule has 0 heterocycles. The van der Waals surface area contributed by atoms with E-state index in [0.29, 0.717) is 0 Å². The van der Waals surface area contributed by atoms with Crippen LogP contribution in [0.5, 0.6) is 0 Å². The van der Waals surface area contributed by atoms with Crippen LogP contribution < -0.4 is 21.7 Å². The Morgan fingerprint density at radius 3 is 1.65 bits per heavy atom. The monoisotopic (exact) mass is 528 g/mol. The summed E-state index contributed by atoms with van der Waals surface area (Å²) in [5.74, 6) is -2.77. The van der Waals surface area contributed by atoms with Crippen molar-refractivity contribution in [3.8, 4) is 0 Å². The van der Waals surface area contributed by atoms with E-state index in [4.69, 9.17) is 5.73 Å². The van der Waals surface area contributed by atoms with Crippen LogP contribution in [0.25, 0.3) is 0 Å². The fourth-order valence-electron chi connectivity index (χ4n) is 3.72. The number of hydrogen-bond donors (Lipinski definition) is 6. The van der Waals surface area contributed by atoms with Crippen LogP contribution in [0.3, 0.4) is 0 Å². The van der Waals surface area contributed by atoms with Gasteiger partial charge in [0.15, 0.2) is 0 Å². The molecule has 0 aromatic heterocycles. The topological polar surface area (TPSA) is 151 Å². The number of carbonyl (C=O) groups excluding carboxylic acids is 3. The Morgan fingerprint density at radius 1 is 0.757 bits per heavy atom. The molecule has 0 aliphatic carbocycles. The van der Waals surface area contributed by atoms with E-state index in [1.165, 1.54) is 0 Å². The predicted molar refractivity (Wildman–Crippen MR) is 145 cm³/mol. The lowest BCUT2D eigenvalue weighted by atomic mass is 10.00. The quantitative estimate of drug-likeness (QED) is 0.204. The maximum Gasteiger partial charge on any atom is 0.326 e. The summed E-state index contributed by atoms with van der Waals surface area (Å²) in [6, 6.07) is 14.0. The molecule has 0 aliphatic rings. The number of thiol groups is 1. The number of rotatable bonds is 14. The SMILES string of the molecule is CC(C)CC(NC(=O)C(Cc1ccccc1)NC(=O)C(N)CS)C(=O)NC(Cc1ccccc1)C(=O)O. The fourth-order valence-corrected chi connectivity index (χ4v) is 3.88. The molecule has 0 aliphatic heterocycles. The third kappa shape index (κ3) is 10.3. The van der Waals surface area contributed by atoms with E-state index >= 15 is 0 Å². The number of nitrogens with two attached hydrogens (primary N) is 1. The number of nitrogens with one attached hydrogen (secondary N) is 3. The van der Waals surface area contributed by atoms with Gasteiger partial charge in [-0.05, 0) is 23.5 Å². The first-order valence-electron chi connectivity index (χ1n) is 12.2. The van der Waals surface area contributed by atoms with Gasteiger partial charge >= 0.3 is 5.97 Å². The van der Waals surface area contributed by atoms with E-state index in [0.717, 1.165) is 11.1 Å². The first-order chi connectivity index (χ1) is 17.6. The zero-order chi connectivity index (χ0) is 27.4. The average molecular weight is 529 g/mol. The van der Waals surface area contributed by atoms with Crippen LogP contribution in [0.15, 0.2) is 60.7 Å². The highest BCUT2D eigenvalue weighted by Crippen LogP contribution is 2.10. The number of carbonyl (C=O) groups is 4. The van der Waals surface area contributed by atoms with Crippen molar-refractivity contribution in [2.24, 2.45) is 11.7 Å². The molecule has 10 heteroatoms. The summed E-state index contributed by atoms with van der Waals surface area (Å²) in [5, 5.41) is 17.6. The minimum atomic E-state index is -1.18. The third-order valence-electron chi connectivity index (χ3n) is 5.69. The molecule has 0 fully saturated rings. The van der Waals surface area contributed by atoms with Crippen molar-refractivity contribution in [2.45, 2.75) is 57.3 Å². The molecule has 3 amide bonds. The largest absolute Gasteiger partial charge is 0.480 e. The minimum Gasteiger partial charge on any atom is -0.480 e. The summed E-state index contributed by atoms with van der Waals surface area (Å²) >= 11 is 4.04. The van der Waals surface area contributed by atoms with Crippen molar-refractivity contribution in [1.82, 2.24) is 16.0 Å². The summed E-state index contributed by atoms with van der Waals surface area (Å²) in [6.45, 7) is 3.78. The number of benzene rings is 2. The Hall–Kier alpha value is -3.37. The third-order valence-corrected chi connectivity index (χ3v) is 6.08. The van der Waals surface area contributed by atoms with Crippen molar-refractivity contribution < 1.29 is 24.3 Å². The summed E-state index contributed by atoms with van der Waals surface area (Å²) in [7, 11) is 0. The second kappa shape index (κ2) is 15.0. The highest BCUT2D eigenvalue weighted by atomic mass is 32.1. The van der Waals surface area contributed by atoms with Gasteiger partial charge in [-0.3, -0.25) is 14.4 Å². The van der Waals surface area contributed by atoms with Gasteiger partial charge in [0.2, 0.25) is 17.7 Å². The molecule has 200 valence electrons. The van der Waals surface area contributed by atoms with Crippen molar-refractivity contribution in [2.75, 3.05) is 5.75 Å². The molecule has 9 nitrogen and oxygen atoms in total. The second-order valence-electron chi connectivity index (χ2n) is 9.32. The van der Waals surface area contributed by atoms with Crippen molar-refractivity contribution >= 4 is 36.3 Å². The van der Waals surface area contributed by atoms with Gasteiger partial charge in [-0.25, -0.2) is 4.79 Å². The Bertz CT molecular complexity index is 1040. The maximum atomic E-state index is 13.3. The number of hydrogen-bond acceptors (Lipinski definition) is 6. The minimum absolute atomic E-state index is 0.0215. The molecule has 37 heavy (non-hydrogen) atoms. The summed E-state index contributed by atoms with van der Waals surface area (Å²) < 4.78 is 0. The lowest BCUT2D eigenvalue weighted by molar-refractivity contribution is -0.142. The van der Waals surface area contributed by atoms with E-state index in [1.54, 1.807) is 24.3 Å². The smallest absolute Gasteiger partial charge is 0.326 e. The lowest BCUT2D eigenvalue weighted by Crippen LogP contribution is -2.58. The van der Waals surface area contributed by atoms with Crippen molar-refractivity contribution in [1.29, 1.82) is 0 Å². The van der Waals surface area contributed by atoms with E-state index in [2.05, 4.69) is 28.6 Å². The summed E-state index contributed by atoms with van der Waals surface area (Å²) in [5.41, 5.74) is 7.34. The summed E-state index contributed by atoms with van der Waals surface area (Å²) in [6.07, 6.45) is 0.551. The van der Waals surface area contributed by atoms with Crippen LogP contribution in [0.1, 0.15) is 31.4 Å². The molecule has 2 aromatic carbocycles. The van der Waals surface area contributed by atoms with E-state index in [9.17, 15) is 24.3 Å². The van der Waals surface area contributed by atoms with Gasteiger partial charge in [0.05, 0.1) is 6.04 Å². The highest BCUT2D eigenvalue weighted by Gasteiger charge is 2.31. The Labute approximate surface area is 223 Å². The molecule has 0 bridgehead atoms. The number of carboxylic acid groups (broad SMARTS) is 1. The van der Waals surface area contributed by atoms with Gasteiger partial charge in [0.25, 0.3) is 0 Å². The second-order valence-corrected chi connectivity index (χ2v) is 9.68. The lowest BCUT2D eigenvalue weighted by Gasteiger charge is -2.26. The molecule has 2 rings (SSSR count). The van der Waals surface area contributed by atoms with Crippen LogP contribution in [0.4, 0.5) is 0 Å². The van der Waals surface area contributed by atoms with Gasteiger partial charge < -0.3 is 26.8 Å². The molecule has 0 spiro atoms. The molecule has 6 N–H and O–H groups in total. The van der Waals surface area contributed by atoms with Gasteiger partial charge in [0, 0.05) is 18.6 Å². The average Bonchev–Trinajstić information content (AvgIpc) is 2.87. The fraction of sp³-hybridized carbons (Fsp3) is 0.407. The van der Waals surface area contributed by atoms with Gasteiger partial charge in [-0.2, -0.15) is 12.6 Å². The van der Waals surface area contributed by atoms with Crippen LogP contribution in [0.2, 0.25) is 0 Å². The zero-order valence-corrected chi connectivity index (χ0v) is 22.0. The zero-order valence-electron chi connectivity index (χ0n) is 21.1. The van der Waals surface area contributed by atoms with Gasteiger partial charge in [-0.15, -0.1) is 0 Å². The molecular weight excluding hydrogens is 492 g/mol. The molecule has 4 unspecified atom stereocenters.